The molecular weight excluding hydrogens is 623 g/mol. The SMILES string of the molecule is O=C(Cn1c2c(sc1=O)[C@@H](c1cccnc1)[C@H]1C(=O)N(c3ccc([N+](=O)[O-])cc3)C(=O)[C@H]1S2)Nc1cccc(C(F)(F)F)c1. The highest BCUT2D eigenvalue weighted by Crippen LogP contribution is 2.53. The standard InChI is InChI=1S/C28H18F3N5O6S2/c29-28(30,31)15-4-1-5-16(11-15)33-19(37)13-34-26-23(44-27(34)40)20(14-3-2-10-32-12-14)21-22(43-26)25(39)35(24(21)38)17-6-8-18(9-7-17)36(41)42/h1-12,20-22H,13H2,(H,33,37)/t20-,21+,22-/m0/s1. The van der Waals surface area contributed by atoms with E-state index >= 15 is 0 Å². The molecule has 0 unspecified atom stereocenters. The van der Waals surface area contributed by atoms with Gasteiger partial charge >= 0.3 is 11.0 Å². The monoisotopic (exact) mass is 641 g/mol. The summed E-state index contributed by atoms with van der Waals surface area (Å²) in [6.45, 7) is -0.556. The Kier molecular flexibility index (Phi) is 7.33. The van der Waals surface area contributed by atoms with Crippen molar-refractivity contribution in [3.8, 4) is 0 Å². The van der Waals surface area contributed by atoms with Gasteiger partial charge in [-0.3, -0.25) is 38.8 Å². The zero-order chi connectivity index (χ0) is 31.3. The third kappa shape index (κ3) is 5.15. The molecule has 2 aliphatic heterocycles. The van der Waals surface area contributed by atoms with Gasteiger partial charge in [0.25, 0.3) is 5.69 Å². The second-order valence-corrected chi connectivity index (χ2v) is 12.0. The molecule has 1 N–H and O–H groups in total. The van der Waals surface area contributed by atoms with Crippen LogP contribution < -0.4 is 15.1 Å². The molecule has 1 fully saturated rings. The smallest absolute Gasteiger partial charge is 0.325 e. The van der Waals surface area contributed by atoms with Gasteiger partial charge in [0.05, 0.1) is 27.1 Å². The normalized spacial score (nSPS) is 19.4. The summed E-state index contributed by atoms with van der Waals surface area (Å²) in [5, 5.41) is 12.8. The van der Waals surface area contributed by atoms with Gasteiger partial charge in [0, 0.05) is 41.0 Å². The zero-order valence-electron chi connectivity index (χ0n) is 22.1. The third-order valence-electron chi connectivity index (χ3n) is 7.19. The van der Waals surface area contributed by atoms with Gasteiger partial charge in [0.2, 0.25) is 17.7 Å². The number of thiazole rings is 1. The van der Waals surface area contributed by atoms with Gasteiger partial charge in [-0.05, 0) is 42.0 Å². The molecule has 0 aliphatic carbocycles. The predicted octanol–water partition coefficient (Wildman–Crippen LogP) is 4.67. The Bertz CT molecular complexity index is 1880. The van der Waals surface area contributed by atoms with E-state index in [-0.39, 0.29) is 22.1 Å². The van der Waals surface area contributed by atoms with Gasteiger partial charge in [0.1, 0.15) is 11.8 Å². The van der Waals surface area contributed by atoms with E-state index in [1.807, 2.05) is 0 Å². The van der Waals surface area contributed by atoms with E-state index in [1.165, 1.54) is 42.7 Å². The fraction of sp³-hybridized carbons (Fsp3) is 0.179. The summed E-state index contributed by atoms with van der Waals surface area (Å²) in [4.78, 5) is 69.2. The summed E-state index contributed by atoms with van der Waals surface area (Å²) < 4.78 is 40.5. The summed E-state index contributed by atoms with van der Waals surface area (Å²) in [6.07, 6.45) is -1.58. The van der Waals surface area contributed by atoms with Crippen LogP contribution in [0.4, 0.5) is 30.2 Å². The molecule has 3 atom stereocenters. The first-order chi connectivity index (χ1) is 20.9. The Labute approximate surface area is 253 Å². The number of amides is 3. The molecule has 11 nitrogen and oxygen atoms in total. The van der Waals surface area contributed by atoms with Crippen LogP contribution in [0.3, 0.4) is 0 Å². The number of nitrogens with zero attached hydrogens (tertiary/aromatic N) is 4. The fourth-order valence-electron chi connectivity index (χ4n) is 5.27. The number of rotatable bonds is 6. The number of imide groups is 1. The molecule has 1 saturated heterocycles. The largest absolute Gasteiger partial charge is 0.416 e. The van der Waals surface area contributed by atoms with Gasteiger partial charge in [-0.25, -0.2) is 4.90 Å². The van der Waals surface area contributed by atoms with E-state index in [2.05, 4.69) is 10.3 Å². The summed E-state index contributed by atoms with van der Waals surface area (Å²) in [5.74, 6) is -3.67. The van der Waals surface area contributed by atoms with E-state index in [4.69, 9.17) is 0 Å². The highest BCUT2D eigenvalue weighted by Gasteiger charge is 2.57. The van der Waals surface area contributed by atoms with Crippen molar-refractivity contribution in [2.24, 2.45) is 5.92 Å². The number of benzene rings is 2. The minimum atomic E-state index is -4.62. The molecule has 4 heterocycles. The topological polar surface area (TPSA) is 145 Å². The number of halogens is 3. The average molecular weight is 642 g/mol. The van der Waals surface area contributed by atoms with Crippen LogP contribution in [0.1, 0.15) is 21.9 Å². The lowest BCUT2D eigenvalue weighted by Crippen LogP contribution is -2.33. The lowest BCUT2D eigenvalue weighted by Gasteiger charge is -2.30. The van der Waals surface area contributed by atoms with Gasteiger partial charge in [-0.1, -0.05) is 35.2 Å². The summed E-state index contributed by atoms with van der Waals surface area (Å²) in [5.41, 5.74) is -0.590. The number of carbonyl (C=O) groups excluding carboxylic acids is 3. The van der Waals surface area contributed by atoms with Gasteiger partial charge in [-0.15, -0.1) is 0 Å². The number of nitro groups is 1. The number of nitro benzene ring substituents is 1. The maximum atomic E-state index is 13.8. The Balaban J connectivity index is 1.36. The van der Waals surface area contributed by atoms with Crippen LogP contribution in [0.25, 0.3) is 0 Å². The number of fused-ring (bicyclic) bond motifs is 2. The number of hydrogen-bond acceptors (Lipinski definition) is 9. The molecule has 3 amide bonds. The van der Waals surface area contributed by atoms with Crippen molar-refractivity contribution in [3.05, 3.63) is 109 Å². The Morgan fingerprint density at radius 1 is 1.05 bits per heavy atom. The van der Waals surface area contributed by atoms with Crippen LogP contribution >= 0.6 is 23.1 Å². The van der Waals surface area contributed by atoms with E-state index in [0.29, 0.717) is 10.4 Å². The minimum absolute atomic E-state index is 0.113. The molecule has 44 heavy (non-hydrogen) atoms. The van der Waals surface area contributed by atoms with Crippen LogP contribution in [-0.4, -0.2) is 37.4 Å². The second kappa shape index (κ2) is 11.0. The number of aromatic nitrogens is 2. The Morgan fingerprint density at radius 3 is 2.45 bits per heavy atom. The molecule has 2 aromatic carbocycles. The number of non-ortho nitro benzene ring substituents is 1. The number of alkyl halides is 3. The van der Waals surface area contributed by atoms with E-state index in [9.17, 15) is 42.5 Å². The highest BCUT2D eigenvalue weighted by molar-refractivity contribution is 8.00. The molecule has 0 bridgehead atoms. The minimum Gasteiger partial charge on any atom is -0.325 e. The first kappa shape index (κ1) is 29.3. The van der Waals surface area contributed by atoms with Crippen molar-refractivity contribution in [3.63, 3.8) is 0 Å². The molecule has 2 aromatic heterocycles. The van der Waals surface area contributed by atoms with E-state index < -0.39 is 62.9 Å². The molecule has 4 aromatic rings. The van der Waals surface area contributed by atoms with Crippen LogP contribution in [0.15, 0.2) is 82.9 Å². The quantitative estimate of drug-likeness (QED) is 0.182. The number of anilines is 2. The number of pyridine rings is 1. The van der Waals surface area contributed by atoms with Crippen LogP contribution in [0.2, 0.25) is 0 Å². The highest BCUT2D eigenvalue weighted by atomic mass is 32.2. The Morgan fingerprint density at radius 2 is 1.80 bits per heavy atom. The molecule has 0 spiro atoms. The molecule has 0 saturated carbocycles. The summed E-state index contributed by atoms with van der Waals surface area (Å²) >= 11 is 1.75. The van der Waals surface area contributed by atoms with Crippen molar-refractivity contribution >= 4 is 57.9 Å². The fourth-order valence-corrected chi connectivity index (χ4v) is 8.04. The van der Waals surface area contributed by atoms with Crippen LogP contribution in [-0.2, 0) is 27.1 Å². The molecular formula is C28H18F3N5O6S2. The second-order valence-electron chi connectivity index (χ2n) is 9.86. The van der Waals surface area contributed by atoms with E-state index in [0.717, 1.165) is 50.8 Å². The van der Waals surface area contributed by atoms with Crippen LogP contribution in [0.5, 0.6) is 0 Å². The molecule has 0 radical (unpaired) electrons. The summed E-state index contributed by atoms with van der Waals surface area (Å²) in [6, 6.07) is 12.4. The lowest BCUT2D eigenvalue weighted by atomic mass is 9.84. The summed E-state index contributed by atoms with van der Waals surface area (Å²) in [7, 11) is 0. The van der Waals surface area contributed by atoms with Crippen molar-refractivity contribution in [1.29, 1.82) is 0 Å². The first-order valence-corrected chi connectivity index (χ1v) is 14.5. The van der Waals surface area contributed by atoms with Crippen molar-refractivity contribution < 1.29 is 32.5 Å². The van der Waals surface area contributed by atoms with Crippen molar-refractivity contribution in [1.82, 2.24) is 9.55 Å². The molecule has 16 heteroatoms. The Hall–Kier alpha value is -4.83. The number of hydrogen-bond donors (Lipinski definition) is 1. The van der Waals surface area contributed by atoms with Crippen molar-refractivity contribution in [2.75, 3.05) is 10.2 Å². The zero-order valence-corrected chi connectivity index (χ0v) is 23.7. The third-order valence-corrected chi connectivity index (χ3v) is 9.79. The maximum absolute atomic E-state index is 13.8. The first-order valence-electron chi connectivity index (χ1n) is 12.8. The lowest BCUT2D eigenvalue weighted by molar-refractivity contribution is -0.384. The number of carbonyl (C=O) groups is 3. The van der Waals surface area contributed by atoms with Crippen molar-refractivity contribution in [2.45, 2.75) is 28.9 Å². The van der Waals surface area contributed by atoms with Crippen LogP contribution in [0, 0.1) is 16.0 Å². The maximum Gasteiger partial charge on any atom is 0.416 e. The molecule has 2 aliphatic rings. The van der Waals surface area contributed by atoms with Gasteiger partial charge in [0.15, 0.2) is 0 Å². The molecule has 224 valence electrons. The number of nitrogens with one attached hydrogen (secondary N) is 1. The predicted molar refractivity (Wildman–Crippen MR) is 153 cm³/mol. The van der Waals surface area contributed by atoms with Gasteiger partial charge < -0.3 is 5.32 Å². The molecule has 6 rings (SSSR count). The number of thioether (sulfide) groups is 1. The van der Waals surface area contributed by atoms with Gasteiger partial charge in [-0.2, -0.15) is 13.2 Å². The van der Waals surface area contributed by atoms with E-state index in [1.54, 1.807) is 12.1 Å². The average Bonchev–Trinajstić information content (AvgIpc) is 3.43.